The Morgan fingerprint density at radius 3 is 2.28 bits per heavy atom. The lowest BCUT2D eigenvalue weighted by Gasteiger charge is -2.28. The Hall–Kier alpha value is -0.620. The van der Waals surface area contributed by atoms with Crippen molar-refractivity contribution in [2.75, 3.05) is 18.8 Å². The van der Waals surface area contributed by atoms with Crippen LogP contribution in [0.1, 0.15) is 33.6 Å². The van der Waals surface area contributed by atoms with Crippen LogP contribution in [-0.2, 0) is 14.6 Å². The number of hydrogen-bond acceptors (Lipinski definition) is 4. The van der Waals surface area contributed by atoms with Crippen LogP contribution in [-0.4, -0.2) is 44.5 Å². The molecule has 0 aliphatic carbocycles. The van der Waals surface area contributed by atoms with Crippen LogP contribution in [0.2, 0.25) is 0 Å². The molecule has 1 aliphatic rings. The summed E-state index contributed by atoms with van der Waals surface area (Å²) in [5, 5.41) is 4.89. The first-order valence-electron chi connectivity index (χ1n) is 6.63. The smallest absolute Gasteiger partial charge is 0.238 e. The molecule has 1 rings (SSSR count). The Kier molecular flexibility index (Phi) is 5.59. The van der Waals surface area contributed by atoms with Gasteiger partial charge in [-0.25, -0.2) is 8.42 Å². The number of sulfone groups is 1. The summed E-state index contributed by atoms with van der Waals surface area (Å²) in [5.41, 5.74) is 0. The molecule has 106 valence electrons. The molecule has 1 amide bonds. The lowest BCUT2D eigenvalue weighted by Crippen LogP contribution is -2.49. The maximum atomic E-state index is 12.0. The number of rotatable bonds is 7. The SMILES string of the molecule is CCC(CC)NC(=O)C(C)S(=O)(=O)CC1CNC1. The van der Waals surface area contributed by atoms with Gasteiger partial charge in [0, 0.05) is 19.1 Å². The van der Waals surface area contributed by atoms with E-state index in [2.05, 4.69) is 10.6 Å². The Morgan fingerprint density at radius 1 is 1.33 bits per heavy atom. The van der Waals surface area contributed by atoms with E-state index in [0.717, 1.165) is 25.9 Å². The molecule has 6 heteroatoms. The summed E-state index contributed by atoms with van der Waals surface area (Å²) in [6.45, 7) is 6.92. The van der Waals surface area contributed by atoms with Gasteiger partial charge < -0.3 is 10.6 Å². The Morgan fingerprint density at radius 2 is 1.89 bits per heavy atom. The van der Waals surface area contributed by atoms with Gasteiger partial charge >= 0.3 is 0 Å². The van der Waals surface area contributed by atoms with Crippen LogP contribution < -0.4 is 10.6 Å². The van der Waals surface area contributed by atoms with Gasteiger partial charge in [0.1, 0.15) is 5.25 Å². The first-order valence-corrected chi connectivity index (χ1v) is 8.34. The first-order chi connectivity index (χ1) is 8.40. The van der Waals surface area contributed by atoms with Crippen molar-refractivity contribution < 1.29 is 13.2 Å². The molecule has 0 aromatic rings. The lowest BCUT2D eigenvalue weighted by molar-refractivity contribution is -0.121. The monoisotopic (exact) mass is 276 g/mol. The van der Waals surface area contributed by atoms with E-state index in [1.807, 2.05) is 13.8 Å². The summed E-state index contributed by atoms with van der Waals surface area (Å²) in [6.07, 6.45) is 1.64. The zero-order valence-electron chi connectivity index (χ0n) is 11.4. The summed E-state index contributed by atoms with van der Waals surface area (Å²) in [4.78, 5) is 11.9. The fourth-order valence-electron chi connectivity index (χ4n) is 1.91. The van der Waals surface area contributed by atoms with Gasteiger partial charge in [-0.05, 0) is 25.7 Å². The molecule has 0 saturated carbocycles. The lowest BCUT2D eigenvalue weighted by atomic mass is 10.1. The molecular formula is C12H24N2O3S. The molecule has 1 aliphatic heterocycles. The third kappa shape index (κ3) is 3.95. The van der Waals surface area contributed by atoms with E-state index >= 15 is 0 Å². The average Bonchev–Trinajstić information content (AvgIpc) is 2.29. The van der Waals surface area contributed by atoms with Gasteiger partial charge in [0.05, 0.1) is 5.75 Å². The number of nitrogens with one attached hydrogen (secondary N) is 2. The van der Waals surface area contributed by atoms with Crippen LogP contribution in [0, 0.1) is 5.92 Å². The molecule has 1 fully saturated rings. The van der Waals surface area contributed by atoms with E-state index in [4.69, 9.17) is 0 Å². The van der Waals surface area contributed by atoms with Crippen molar-refractivity contribution in [3.63, 3.8) is 0 Å². The van der Waals surface area contributed by atoms with Crippen molar-refractivity contribution in [1.82, 2.24) is 10.6 Å². The maximum absolute atomic E-state index is 12.0. The zero-order chi connectivity index (χ0) is 13.8. The molecule has 0 aromatic carbocycles. The minimum Gasteiger partial charge on any atom is -0.352 e. The molecule has 18 heavy (non-hydrogen) atoms. The number of amides is 1. The van der Waals surface area contributed by atoms with Crippen LogP contribution in [0.15, 0.2) is 0 Å². The Labute approximate surface area is 110 Å². The molecule has 1 heterocycles. The third-order valence-corrected chi connectivity index (χ3v) is 5.80. The zero-order valence-corrected chi connectivity index (χ0v) is 12.2. The Balaban J connectivity index is 2.55. The third-order valence-electron chi connectivity index (χ3n) is 3.57. The molecule has 2 N–H and O–H groups in total. The number of carbonyl (C=O) groups excluding carboxylic acids is 1. The summed E-state index contributed by atoms with van der Waals surface area (Å²) >= 11 is 0. The van der Waals surface area contributed by atoms with Crippen LogP contribution in [0.3, 0.4) is 0 Å². The van der Waals surface area contributed by atoms with Crippen molar-refractivity contribution in [2.24, 2.45) is 5.92 Å². The first kappa shape index (κ1) is 15.4. The molecule has 0 spiro atoms. The molecule has 1 unspecified atom stereocenters. The van der Waals surface area contributed by atoms with E-state index in [1.54, 1.807) is 0 Å². The van der Waals surface area contributed by atoms with Gasteiger partial charge in [-0.1, -0.05) is 13.8 Å². The fraction of sp³-hybridized carbons (Fsp3) is 0.917. The maximum Gasteiger partial charge on any atom is 0.238 e. The van der Waals surface area contributed by atoms with Crippen LogP contribution in [0.5, 0.6) is 0 Å². The van der Waals surface area contributed by atoms with Gasteiger partial charge in [0.2, 0.25) is 5.91 Å². The molecule has 5 nitrogen and oxygen atoms in total. The summed E-state index contributed by atoms with van der Waals surface area (Å²) in [7, 11) is -3.33. The second-order valence-electron chi connectivity index (χ2n) is 5.02. The fourth-order valence-corrected chi connectivity index (χ4v) is 3.49. The largest absolute Gasteiger partial charge is 0.352 e. The highest BCUT2D eigenvalue weighted by Crippen LogP contribution is 2.12. The molecule has 0 bridgehead atoms. The molecule has 0 aromatic heterocycles. The Bertz CT molecular complexity index is 373. The van der Waals surface area contributed by atoms with Crippen molar-refractivity contribution in [3.05, 3.63) is 0 Å². The highest BCUT2D eigenvalue weighted by atomic mass is 32.2. The second kappa shape index (κ2) is 6.52. The molecule has 0 radical (unpaired) electrons. The average molecular weight is 276 g/mol. The normalized spacial score (nSPS) is 18.4. The minimum absolute atomic E-state index is 0.0699. The van der Waals surface area contributed by atoms with Crippen molar-refractivity contribution in [2.45, 2.75) is 44.9 Å². The summed E-state index contributed by atoms with van der Waals surface area (Å²) in [5.74, 6) is -0.0910. The van der Waals surface area contributed by atoms with Gasteiger partial charge in [-0.3, -0.25) is 4.79 Å². The highest BCUT2D eigenvalue weighted by molar-refractivity contribution is 7.92. The van der Waals surface area contributed by atoms with E-state index in [1.165, 1.54) is 6.92 Å². The van der Waals surface area contributed by atoms with Crippen LogP contribution >= 0.6 is 0 Å². The van der Waals surface area contributed by atoms with Gasteiger partial charge in [0.15, 0.2) is 9.84 Å². The van der Waals surface area contributed by atoms with Gasteiger partial charge in [-0.15, -0.1) is 0 Å². The molecular weight excluding hydrogens is 252 g/mol. The summed E-state index contributed by atoms with van der Waals surface area (Å²) in [6, 6.07) is 0.0699. The van der Waals surface area contributed by atoms with Crippen molar-refractivity contribution >= 4 is 15.7 Å². The van der Waals surface area contributed by atoms with Crippen molar-refractivity contribution in [1.29, 1.82) is 0 Å². The molecule has 1 atom stereocenters. The molecule has 1 saturated heterocycles. The summed E-state index contributed by atoms with van der Waals surface area (Å²) < 4.78 is 24.1. The van der Waals surface area contributed by atoms with Crippen molar-refractivity contribution in [3.8, 4) is 0 Å². The predicted molar refractivity (Wildman–Crippen MR) is 72.1 cm³/mol. The van der Waals surface area contributed by atoms with E-state index in [-0.39, 0.29) is 23.6 Å². The minimum atomic E-state index is -3.33. The highest BCUT2D eigenvalue weighted by Gasteiger charge is 2.33. The quantitative estimate of drug-likeness (QED) is 0.702. The predicted octanol–water partition coefficient (Wildman–Crippen LogP) is 0.314. The van der Waals surface area contributed by atoms with Gasteiger partial charge in [-0.2, -0.15) is 0 Å². The number of hydrogen-bond donors (Lipinski definition) is 2. The van der Waals surface area contributed by atoms with E-state index in [9.17, 15) is 13.2 Å². The van der Waals surface area contributed by atoms with E-state index in [0.29, 0.717) is 0 Å². The van der Waals surface area contributed by atoms with Gasteiger partial charge in [0.25, 0.3) is 0 Å². The van der Waals surface area contributed by atoms with Crippen LogP contribution in [0.25, 0.3) is 0 Å². The number of carbonyl (C=O) groups is 1. The second-order valence-corrected chi connectivity index (χ2v) is 7.38. The van der Waals surface area contributed by atoms with Crippen LogP contribution in [0.4, 0.5) is 0 Å². The standard InChI is InChI=1S/C12H24N2O3S/c1-4-11(5-2)14-12(15)9(3)18(16,17)8-10-6-13-7-10/h9-11,13H,4-8H2,1-3H3,(H,14,15). The topological polar surface area (TPSA) is 75.3 Å². The van der Waals surface area contributed by atoms with E-state index < -0.39 is 15.1 Å².